The molecule has 1 aliphatic rings. The highest BCUT2D eigenvalue weighted by Gasteiger charge is 2.31. The van der Waals surface area contributed by atoms with Crippen LogP contribution in [0.4, 0.5) is 0 Å². The number of piperidine rings is 1. The SMILES string of the molecule is COC1(C)CCCN(CC(CBr)c2ccccc2)C1. The number of halogens is 1. The standard InChI is InChI=1S/C16H24BrNO/c1-16(19-2)9-6-10-18(13-16)12-15(11-17)14-7-4-3-5-8-14/h3-5,7-8,15H,6,9-13H2,1-2H3. The van der Waals surface area contributed by atoms with Gasteiger partial charge in [0.15, 0.2) is 0 Å². The topological polar surface area (TPSA) is 12.5 Å². The van der Waals surface area contributed by atoms with E-state index in [1.54, 1.807) is 0 Å². The van der Waals surface area contributed by atoms with Crippen LogP contribution in [0.3, 0.4) is 0 Å². The lowest BCUT2D eigenvalue weighted by Gasteiger charge is -2.40. The first-order valence-corrected chi connectivity index (χ1v) is 8.17. The number of benzene rings is 1. The van der Waals surface area contributed by atoms with Gasteiger partial charge in [-0.25, -0.2) is 0 Å². The minimum atomic E-state index is 0.0335. The molecule has 1 heterocycles. The fourth-order valence-electron chi connectivity index (χ4n) is 2.91. The highest BCUT2D eigenvalue weighted by atomic mass is 79.9. The molecule has 1 saturated heterocycles. The van der Waals surface area contributed by atoms with E-state index in [1.165, 1.54) is 24.9 Å². The molecular weight excluding hydrogens is 302 g/mol. The number of hydrogen-bond acceptors (Lipinski definition) is 2. The number of rotatable bonds is 5. The molecule has 1 fully saturated rings. The van der Waals surface area contributed by atoms with Gasteiger partial charge in [-0.3, -0.25) is 4.90 Å². The number of hydrogen-bond donors (Lipinski definition) is 0. The second kappa shape index (κ2) is 6.87. The van der Waals surface area contributed by atoms with Gasteiger partial charge in [0.1, 0.15) is 0 Å². The molecule has 0 aliphatic carbocycles. The molecule has 19 heavy (non-hydrogen) atoms. The van der Waals surface area contributed by atoms with E-state index in [4.69, 9.17) is 4.74 Å². The van der Waals surface area contributed by atoms with Crippen LogP contribution in [0, 0.1) is 0 Å². The normalized spacial score (nSPS) is 26.3. The van der Waals surface area contributed by atoms with Crippen LogP contribution in [0.5, 0.6) is 0 Å². The minimum Gasteiger partial charge on any atom is -0.377 e. The highest BCUT2D eigenvalue weighted by molar-refractivity contribution is 9.09. The lowest BCUT2D eigenvalue weighted by Crippen LogP contribution is -2.48. The lowest BCUT2D eigenvalue weighted by molar-refractivity contribution is -0.0513. The van der Waals surface area contributed by atoms with Crippen LogP contribution < -0.4 is 0 Å². The number of likely N-dealkylation sites (tertiary alicyclic amines) is 1. The van der Waals surface area contributed by atoms with Crippen molar-refractivity contribution in [3.63, 3.8) is 0 Å². The molecule has 2 unspecified atom stereocenters. The van der Waals surface area contributed by atoms with E-state index in [0.29, 0.717) is 5.92 Å². The van der Waals surface area contributed by atoms with Gasteiger partial charge in [0.2, 0.25) is 0 Å². The second-order valence-electron chi connectivity index (χ2n) is 5.75. The summed E-state index contributed by atoms with van der Waals surface area (Å²) in [6, 6.07) is 10.8. The Balaban J connectivity index is 1.99. The predicted molar refractivity (Wildman–Crippen MR) is 84.1 cm³/mol. The van der Waals surface area contributed by atoms with Crippen LogP contribution in [0.25, 0.3) is 0 Å². The molecule has 0 amide bonds. The van der Waals surface area contributed by atoms with Gasteiger partial charge < -0.3 is 4.74 Å². The first-order chi connectivity index (χ1) is 9.17. The van der Waals surface area contributed by atoms with E-state index in [9.17, 15) is 0 Å². The monoisotopic (exact) mass is 325 g/mol. The Labute approximate surface area is 125 Å². The summed E-state index contributed by atoms with van der Waals surface area (Å²) >= 11 is 3.67. The van der Waals surface area contributed by atoms with Gasteiger partial charge in [-0.05, 0) is 31.9 Å². The minimum absolute atomic E-state index is 0.0335. The van der Waals surface area contributed by atoms with Crippen LogP contribution in [0.2, 0.25) is 0 Å². The van der Waals surface area contributed by atoms with Gasteiger partial charge in [0.05, 0.1) is 5.60 Å². The van der Waals surface area contributed by atoms with Crippen molar-refractivity contribution in [1.29, 1.82) is 0 Å². The zero-order valence-corrected chi connectivity index (χ0v) is 13.5. The van der Waals surface area contributed by atoms with Crippen LogP contribution in [-0.2, 0) is 4.74 Å². The summed E-state index contributed by atoms with van der Waals surface area (Å²) in [6.45, 7) is 5.56. The largest absolute Gasteiger partial charge is 0.377 e. The van der Waals surface area contributed by atoms with Gasteiger partial charge in [-0.2, -0.15) is 0 Å². The summed E-state index contributed by atoms with van der Waals surface area (Å²) in [5.74, 6) is 0.556. The van der Waals surface area contributed by atoms with Crippen molar-refractivity contribution in [2.24, 2.45) is 0 Å². The second-order valence-corrected chi connectivity index (χ2v) is 6.40. The third-order valence-electron chi connectivity index (χ3n) is 4.17. The molecular formula is C16H24BrNO. The molecule has 0 bridgehead atoms. The van der Waals surface area contributed by atoms with E-state index in [0.717, 1.165) is 18.4 Å². The van der Waals surface area contributed by atoms with Crippen LogP contribution in [0.15, 0.2) is 30.3 Å². The van der Waals surface area contributed by atoms with Crippen molar-refractivity contribution in [3.05, 3.63) is 35.9 Å². The Kier molecular flexibility index (Phi) is 5.43. The molecule has 1 aromatic carbocycles. The maximum atomic E-state index is 5.68. The first-order valence-electron chi connectivity index (χ1n) is 7.05. The molecule has 1 aromatic rings. The Hall–Kier alpha value is -0.380. The highest BCUT2D eigenvalue weighted by Crippen LogP contribution is 2.27. The zero-order chi connectivity index (χ0) is 13.7. The van der Waals surface area contributed by atoms with Crippen molar-refractivity contribution < 1.29 is 4.74 Å². The zero-order valence-electron chi connectivity index (χ0n) is 11.9. The van der Waals surface area contributed by atoms with Gasteiger partial charge in [-0.15, -0.1) is 0 Å². The summed E-state index contributed by atoms with van der Waals surface area (Å²) in [5, 5.41) is 1.01. The molecule has 106 valence electrons. The number of alkyl halides is 1. The van der Waals surface area contributed by atoms with Crippen molar-refractivity contribution >= 4 is 15.9 Å². The summed E-state index contributed by atoms with van der Waals surface area (Å²) < 4.78 is 5.68. The summed E-state index contributed by atoms with van der Waals surface area (Å²) in [5.41, 5.74) is 1.45. The summed E-state index contributed by atoms with van der Waals surface area (Å²) in [4.78, 5) is 2.55. The predicted octanol–water partition coefficient (Wildman–Crippen LogP) is 3.67. The molecule has 3 heteroatoms. The number of nitrogens with zero attached hydrogens (tertiary/aromatic N) is 1. The molecule has 2 rings (SSSR count). The van der Waals surface area contributed by atoms with Crippen molar-refractivity contribution in [2.45, 2.75) is 31.3 Å². The number of methoxy groups -OCH3 is 1. The van der Waals surface area contributed by atoms with Crippen LogP contribution in [0.1, 0.15) is 31.2 Å². The van der Waals surface area contributed by atoms with Crippen molar-refractivity contribution in [1.82, 2.24) is 4.90 Å². The van der Waals surface area contributed by atoms with E-state index >= 15 is 0 Å². The maximum Gasteiger partial charge on any atom is 0.0777 e. The van der Waals surface area contributed by atoms with Gasteiger partial charge >= 0.3 is 0 Å². The third-order valence-corrected chi connectivity index (χ3v) is 4.95. The molecule has 1 aliphatic heterocycles. The van der Waals surface area contributed by atoms with E-state index < -0.39 is 0 Å². The molecule has 0 aromatic heterocycles. The fraction of sp³-hybridized carbons (Fsp3) is 0.625. The molecule has 0 radical (unpaired) electrons. The van der Waals surface area contributed by atoms with Crippen LogP contribution >= 0.6 is 15.9 Å². The van der Waals surface area contributed by atoms with Gasteiger partial charge in [0, 0.05) is 31.4 Å². The lowest BCUT2D eigenvalue weighted by atomic mass is 9.93. The smallest absolute Gasteiger partial charge is 0.0777 e. The van der Waals surface area contributed by atoms with Crippen LogP contribution in [-0.4, -0.2) is 42.6 Å². The Morgan fingerprint density at radius 3 is 2.74 bits per heavy atom. The fourth-order valence-corrected chi connectivity index (χ4v) is 3.49. The Morgan fingerprint density at radius 1 is 1.37 bits per heavy atom. The Bertz CT molecular complexity index is 384. The molecule has 2 atom stereocenters. The quantitative estimate of drug-likeness (QED) is 0.766. The number of ether oxygens (including phenoxy) is 1. The maximum absolute atomic E-state index is 5.68. The summed E-state index contributed by atoms with van der Waals surface area (Å²) in [7, 11) is 1.84. The average molecular weight is 326 g/mol. The average Bonchev–Trinajstić information content (AvgIpc) is 2.46. The first kappa shape index (κ1) is 15.0. The molecule has 0 spiro atoms. The molecule has 0 saturated carbocycles. The molecule has 0 N–H and O–H groups in total. The van der Waals surface area contributed by atoms with Gasteiger partial charge in [0.25, 0.3) is 0 Å². The van der Waals surface area contributed by atoms with Gasteiger partial charge in [-0.1, -0.05) is 46.3 Å². The van der Waals surface area contributed by atoms with Crippen molar-refractivity contribution in [2.75, 3.05) is 32.1 Å². The van der Waals surface area contributed by atoms with E-state index in [2.05, 4.69) is 58.1 Å². The third kappa shape index (κ3) is 4.04. The molecule has 2 nitrogen and oxygen atoms in total. The van der Waals surface area contributed by atoms with E-state index in [1.807, 2.05) is 7.11 Å². The summed E-state index contributed by atoms with van der Waals surface area (Å²) in [6.07, 6.45) is 2.40. The van der Waals surface area contributed by atoms with Crippen molar-refractivity contribution in [3.8, 4) is 0 Å². The Morgan fingerprint density at radius 2 is 2.11 bits per heavy atom. The van der Waals surface area contributed by atoms with E-state index in [-0.39, 0.29) is 5.60 Å².